The SMILES string of the molecule is O=C(O)C1=CC(C2=NCCC(C(=O)O)=C2)NC=C1. The molecule has 0 spiro atoms. The molecule has 6 nitrogen and oxygen atoms in total. The number of nitrogens with zero attached hydrogens (tertiary/aromatic N) is 1. The predicted molar refractivity (Wildman–Crippen MR) is 64.4 cm³/mol. The number of carboxylic acid groups (broad SMARTS) is 2. The molecule has 0 aromatic carbocycles. The summed E-state index contributed by atoms with van der Waals surface area (Å²) in [6, 6.07) is -0.393. The highest BCUT2D eigenvalue weighted by Crippen LogP contribution is 2.14. The lowest BCUT2D eigenvalue weighted by atomic mass is 9.99. The van der Waals surface area contributed by atoms with Gasteiger partial charge in [-0.05, 0) is 30.8 Å². The van der Waals surface area contributed by atoms with Crippen molar-refractivity contribution in [1.29, 1.82) is 0 Å². The molecule has 2 heterocycles. The van der Waals surface area contributed by atoms with Crippen LogP contribution >= 0.6 is 0 Å². The van der Waals surface area contributed by atoms with Gasteiger partial charge in [-0.25, -0.2) is 9.59 Å². The molecular weight excluding hydrogens is 236 g/mol. The van der Waals surface area contributed by atoms with Gasteiger partial charge in [0.25, 0.3) is 0 Å². The molecule has 0 aromatic rings. The molecule has 0 aliphatic carbocycles. The molecule has 3 N–H and O–H groups in total. The summed E-state index contributed by atoms with van der Waals surface area (Å²) < 4.78 is 0. The molecule has 2 aliphatic rings. The number of rotatable bonds is 3. The van der Waals surface area contributed by atoms with E-state index in [1.165, 1.54) is 24.4 Å². The summed E-state index contributed by atoms with van der Waals surface area (Å²) in [6.07, 6.45) is 6.39. The van der Waals surface area contributed by atoms with Crippen molar-refractivity contribution in [3.63, 3.8) is 0 Å². The summed E-state index contributed by atoms with van der Waals surface area (Å²) in [4.78, 5) is 26.0. The summed E-state index contributed by atoms with van der Waals surface area (Å²) in [5.41, 5.74) is 1.00. The Hall–Kier alpha value is -2.37. The van der Waals surface area contributed by atoms with Crippen LogP contribution in [0.3, 0.4) is 0 Å². The zero-order valence-electron chi connectivity index (χ0n) is 9.46. The van der Waals surface area contributed by atoms with Gasteiger partial charge in [-0.2, -0.15) is 0 Å². The largest absolute Gasteiger partial charge is 0.478 e. The fourth-order valence-electron chi connectivity index (χ4n) is 1.80. The molecule has 1 atom stereocenters. The van der Waals surface area contributed by atoms with E-state index in [0.717, 1.165) is 0 Å². The second-order valence-corrected chi connectivity index (χ2v) is 3.94. The van der Waals surface area contributed by atoms with Crippen molar-refractivity contribution in [2.75, 3.05) is 6.54 Å². The van der Waals surface area contributed by atoms with Gasteiger partial charge in [0.05, 0.1) is 17.3 Å². The first-order chi connectivity index (χ1) is 8.58. The van der Waals surface area contributed by atoms with E-state index >= 15 is 0 Å². The Morgan fingerprint density at radius 2 is 2.11 bits per heavy atom. The molecule has 0 saturated heterocycles. The molecule has 0 fully saturated rings. The molecular formula is C12H12N2O4. The van der Waals surface area contributed by atoms with E-state index in [1.54, 1.807) is 0 Å². The fourth-order valence-corrected chi connectivity index (χ4v) is 1.80. The number of aliphatic imine (C=N–C) groups is 1. The lowest BCUT2D eigenvalue weighted by molar-refractivity contribution is -0.133. The first kappa shape index (κ1) is 12.1. The highest BCUT2D eigenvalue weighted by molar-refractivity contribution is 6.07. The molecule has 0 radical (unpaired) electrons. The minimum atomic E-state index is -1.02. The zero-order valence-corrected chi connectivity index (χ0v) is 9.46. The minimum absolute atomic E-state index is 0.164. The second kappa shape index (κ2) is 4.87. The number of carbonyl (C=O) groups is 2. The van der Waals surface area contributed by atoms with Gasteiger partial charge < -0.3 is 15.5 Å². The Balaban J connectivity index is 2.23. The number of nitrogens with one attached hydrogen (secondary N) is 1. The van der Waals surface area contributed by atoms with Crippen molar-refractivity contribution >= 4 is 17.7 Å². The van der Waals surface area contributed by atoms with Crippen molar-refractivity contribution in [2.24, 2.45) is 4.99 Å². The van der Waals surface area contributed by atoms with Crippen LogP contribution in [-0.2, 0) is 9.59 Å². The molecule has 0 bridgehead atoms. The van der Waals surface area contributed by atoms with Gasteiger partial charge in [0.2, 0.25) is 0 Å². The van der Waals surface area contributed by atoms with Crippen LogP contribution in [-0.4, -0.2) is 40.4 Å². The summed E-state index contributed by atoms with van der Waals surface area (Å²) in [7, 11) is 0. The third kappa shape index (κ3) is 2.48. The average molecular weight is 248 g/mol. The van der Waals surface area contributed by atoms with Crippen molar-refractivity contribution in [1.82, 2.24) is 5.32 Å². The normalized spacial score (nSPS) is 22.4. The fraction of sp³-hybridized carbons (Fsp3) is 0.250. The predicted octanol–water partition coefficient (Wildman–Crippen LogP) is 0.339. The molecule has 0 amide bonds. The summed E-state index contributed by atoms with van der Waals surface area (Å²) in [5.74, 6) is -1.98. The average Bonchev–Trinajstić information content (AvgIpc) is 2.39. The maximum Gasteiger partial charge on any atom is 0.335 e. The van der Waals surface area contributed by atoms with Crippen LogP contribution in [0.1, 0.15) is 6.42 Å². The highest BCUT2D eigenvalue weighted by atomic mass is 16.4. The van der Waals surface area contributed by atoms with Crippen molar-refractivity contribution < 1.29 is 19.8 Å². The van der Waals surface area contributed by atoms with Gasteiger partial charge in [-0.3, -0.25) is 4.99 Å². The molecule has 94 valence electrons. The van der Waals surface area contributed by atoms with E-state index in [9.17, 15) is 9.59 Å². The van der Waals surface area contributed by atoms with Gasteiger partial charge in [-0.15, -0.1) is 0 Å². The Bertz CT molecular complexity index is 514. The maximum absolute atomic E-state index is 10.9. The lowest BCUT2D eigenvalue weighted by Crippen LogP contribution is -2.35. The Kier molecular flexibility index (Phi) is 3.27. The first-order valence-electron chi connectivity index (χ1n) is 5.44. The number of aliphatic carboxylic acids is 2. The number of hydrogen-bond donors (Lipinski definition) is 3. The van der Waals surface area contributed by atoms with Gasteiger partial charge in [0.1, 0.15) is 0 Å². The highest BCUT2D eigenvalue weighted by Gasteiger charge is 2.20. The Morgan fingerprint density at radius 1 is 1.33 bits per heavy atom. The van der Waals surface area contributed by atoms with Gasteiger partial charge in [0, 0.05) is 12.1 Å². The molecule has 0 saturated carbocycles. The minimum Gasteiger partial charge on any atom is -0.478 e. The standard InChI is InChI=1S/C12H12N2O4/c15-11(16)7-1-3-13-9(5-7)10-6-8(12(17)18)2-4-14-10/h1,3,5-6,9,13H,2,4H2,(H,15,16)(H,17,18). The molecule has 2 aliphatic heterocycles. The number of dihydropyridines is 2. The molecule has 1 unspecified atom stereocenters. The van der Waals surface area contributed by atoms with Gasteiger partial charge in [-0.1, -0.05) is 0 Å². The van der Waals surface area contributed by atoms with E-state index in [-0.39, 0.29) is 5.57 Å². The molecule has 2 rings (SSSR count). The lowest BCUT2D eigenvalue weighted by Gasteiger charge is -2.20. The topological polar surface area (TPSA) is 99.0 Å². The Morgan fingerprint density at radius 3 is 2.78 bits per heavy atom. The summed E-state index contributed by atoms with van der Waals surface area (Å²) in [5, 5.41) is 20.8. The van der Waals surface area contributed by atoms with E-state index in [0.29, 0.717) is 24.3 Å². The first-order valence-corrected chi connectivity index (χ1v) is 5.44. The second-order valence-electron chi connectivity index (χ2n) is 3.94. The summed E-state index contributed by atoms with van der Waals surface area (Å²) in [6.45, 7) is 0.408. The number of hydrogen-bond acceptors (Lipinski definition) is 4. The third-order valence-electron chi connectivity index (χ3n) is 2.72. The summed E-state index contributed by atoms with van der Waals surface area (Å²) >= 11 is 0. The molecule has 18 heavy (non-hydrogen) atoms. The van der Waals surface area contributed by atoms with Crippen LogP contribution in [0.5, 0.6) is 0 Å². The van der Waals surface area contributed by atoms with Crippen molar-refractivity contribution in [2.45, 2.75) is 12.5 Å². The Labute approximate surface area is 103 Å². The van der Waals surface area contributed by atoms with Crippen LogP contribution in [0.4, 0.5) is 0 Å². The molecule has 6 heteroatoms. The van der Waals surface area contributed by atoms with Crippen LogP contribution in [0.15, 0.2) is 40.6 Å². The smallest absolute Gasteiger partial charge is 0.335 e. The van der Waals surface area contributed by atoms with E-state index in [1.807, 2.05) is 0 Å². The maximum atomic E-state index is 10.9. The zero-order chi connectivity index (χ0) is 13.1. The van der Waals surface area contributed by atoms with Gasteiger partial charge in [0.15, 0.2) is 0 Å². The number of carboxylic acids is 2. The molecule has 0 aromatic heterocycles. The van der Waals surface area contributed by atoms with Crippen LogP contribution in [0, 0.1) is 0 Å². The van der Waals surface area contributed by atoms with Crippen LogP contribution < -0.4 is 5.32 Å². The quantitative estimate of drug-likeness (QED) is 0.668. The van der Waals surface area contributed by atoms with Crippen molar-refractivity contribution in [3.8, 4) is 0 Å². The van der Waals surface area contributed by atoms with Crippen LogP contribution in [0.2, 0.25) is 0 Å². The van der Waals surface area contributed by atoms with Gasteiger partial charge >= 0.3 is 11.9 Å². The monoisotopic (exact) mass is 248 g/mol. The van der Waals surface area contributed by atoms with E-state index in [2.05, 4.69) is 10.3 Å². The van der Waals surface area contributed by atoms with Crippen LogP contribution in [0.25, 0.3) is 0 Å². The van der Waals surface area contributed by atoms with E-state index in [4.69, 9.17) is 10.2 Å². The van der Waals surface area contributed by atoms with Crippen molar-refractivity contribution in [3.05, 3.63) is 35.6 Å². The third-order valence-corrected chi connectivity index (χ3v) is 2.72. The van der Waals surface area contributed by atoms with E-state index < -0.39 is 18.0 Å².